The Hall–Kier alpha value is -2.01. The molecule has 1 aromatic rings. The van der Waals surface area contributed by atoms with Gasteiger partial charge in [-0.15, -0.1) is 0 Å². The molecular weight excluding hydrogens is 248 g/mol. The Morgan fingerprint density at radius 3 is 2.44 bits per heavy atom. The lowest BCUT2D eigenvalue weighted by molar-refractivity contribution is -0.135. The Bertz CT molecular complexity index is 561. The largest absolute Gasteiger partial charge is 0.327 e. The zero-order valence-corrected chi connectivity index (χ0v) is 10.9. The zero-order chi connectivity index (χ0) is 13.3. The van der Waals surface area contributed by atoms with E-state index in [0.717, 1.165) is 16.0 Å². The van der Waals surface area contributed by atoms with Crippen molar-refractivity contribution in [2.24, 2.45) is 0 Å². The van der Waals surface area contributed by atoms with Crippen molar-refractivity contribution in [3.63, 3.8) is 0 Å². The average Bonchev–Trinajstić information content (AvgIpc) is 2.57. The lowest BCUT2D eigenvalue weighted by Crippen LogP contribution is -2.34. The number of hydrogen-bond donors (Lipinski definition) is 1. The van der Waals surface area contributed by atoms with Crippen molar-refractivity contribution in [2.45, 2.75) is 13.8 Å². The maximum atomic E-state index is 11.9. The number of nitrogens with one attached hydrogen (secondary N) is 1. The van der Waals surface area contributed by atoms with E-state index in [1.165, 1.54) is 6.92 Å². The molecule has 5 heteroatoms. The summed E-state index contributed by atoms with van der Waals surface area (Å²) in [4.78, 5) is 24.1. The number of aryl methyl sites for hydroxylation is 1. The summed E-state index contributed by atoms with van der Waals surface area (Å²) in [6, 6.07) is 7.70. The van der Waals surface area contributed by atoms with E-state index in [0.29, 0.717) is 5.70 Å². The summed E-state index contributed by atoms with van der Waals surface area (Å²) in [5.41, 5.74) is 2.34. The van der Waals surface area contributed by atoms with Crippen LogP contribution >= 0.6 is 12.2 Å². The Morgan fingerprint density at radius 1 is 1.33 bits per heavy atom. The highest BCUT2D eigenvalue weighted by molar-refractivity contribution is 7.80. The molecule has 0 aromatic heterocycles. The minimum atomic E-state index is -0.409. The second-order valence-electron chi connectivity index (χ2n) is 4.06. The summed E-state index contributed by atoms with van der Waals surface area (Å²) in [6.45, 7) is 3.29. The maximum Gasteiger partial charge on any atom is 0.283 e. The number of carbonyl (C=O) groups is 2. The number of nitrogens with zero attached hydrogens (tertiary/aromatic N) is 1. The SMILES string of the molecule is CC(=O)N1C(=O)/C(=C\c2ccc(C)cc2)NC1=S. The molecule has 0 radical (unpaired) electrons. The van der Waals surface area contributed by atoms with Gasteiger partial charge in [-0.3, -0.25) is 9.59 Å². The van der Waals surface area contributed by atoms with Gasteiger partial charge in [0, 0.05) is 6.92 Å². The smallest absolute Gasteiger partial charge is 0.283 e. The fourth-order valence-electron chi connectivity index (χ4n) is 1.65. The first-order valence-corrected chi connectivity index (χ1v) is 5.84. The van der Waals surface area contributed by atoms with Crippen LogP contribution in [-0.2, 0) is 9.59 Å². The second-order valence-corrected chi connectivity index (χ2v) is 4.45. The molecule has 0 aliphatic carbocycles. The zero-order valence-electron chi connectivity index (χ0n) is 10.1. The number of thiocarbonyl (C=S) groups is 1. The van der Waals surface area contributed by atoms with Crippen LogP contribution in [0.4, 0.5) is 0 Å². The molecule has 1 saturated heterocycles. The van der Waals surface area contributed by atoms with Crippen molar-refractivity contribution in [2.75, 3.05) is 0 Å². The highest BCUT2D eigenvalue weighted by Gasteiger charge is 2.33. The average molecular weight is 260 g/mol. The van der Waals surface area contributed by atoms with E-state index in [2.05, 4.69) is 5.32 Å². The molecule has 0 spiro atoms. The van der Waals surface area contributed by atoms with Crippen LogP contribution in [0.25, 0.3) is 6.08 Å². The van der Waals surface area contributed by atoms with Gasteiger partial charge in [-0.25, -0.2) is 4.90 Å². The van der Waals surface area contributed by atoms with Crippen LogP contribution in [0, 0.1) is 6.92 Å². The Morgan fingerprint density at radius 2 is 1.94 bits per heavy atom. The van der Waals surface area contributed by atoms with Gasteiger partial charge < -0.3 is 5.32 Å². The number of amides is 2. The molecule has 1 aliphatic rings. The molecule has 1 aromatic carbocycles. The predicted molar refractivity (Wildman–Crippen MR) is 72.4 cm³/mol. The Kier molecular flexibility index (Phi) is 3.25. The van der Waals surface area contributed by atoms with E-state index in [1.54, 1.807) is 6.08 Å². The molecule has 1 heterocycles. The normalized spacial score (nSPS) is 17.2. The molecule has 4 nitrogen and oxygen atoms in total. The van der Waals surface area contributed by atoms with Crippen molar-refractivity contribution < 1.29 is 9.59 Å². The van der Waals surface area contributed by atoms with Crippen LogP contribution in [0.2, 0.25) is 0 Å². The van der Waals surface area contributed by atoms with E-state index in [1.807, 2.05) is 31.2 Å². The number of hydrogen-bond acceptors (Lipinski definition) is 3. The van der Waals surface area contributed by atoms with Crippen molar-refractivity contribution >= 4 is 35.2 Å². The van der Waals surface area contributed by atoms with Crippen LogP contribution in [0.5, 0.6) is 0 Å². The molecule has 1 aliphatic heterocycles. The molecule has 0 bridgehead atoms. The lowest BCUT2D eigenvalue weighted by atomic mass is 10.1. The molecule has 2 rings (SSSR count). The molecule has 1 N–H and O–H groups in total. The molecule has 0 saturated carbocycles. The molecule has 2 amide bonds. The maximum absolute atomic E-state index is 11.9. The molecule has 0 unspecified atom stereocenters. The first kappa shape index (κ1) is 12.4. The monoisotopic (exact) mass is 260 g/mol. The standard InChI is InChI=1S/C13H12N2O2S/c1-8-3-5-10(6-4-8)7-11-12(17)15(9(2)16)13(18)14-11/h3-7H,1-2H3,(H,14,18)/b11-7+. The lowest BCUT2D eigenvalue weighted by Gasteiger charge is -2.06. The molecule has 1 fully saturated rings. The van der Waals surface area contributed by atoms with Gasteiger partial charge in [-0.1, -0.05) is 29.8 Å². The summed E-state index contributed by atoms with van der Waals surface area (Å²) in [7, 11) is 0. The van der Waals surface area contributed by atoms with Crippen LogP contribution in [0.3, 0.4) is 0 Å². The van der Waals surface area contributed by atoms with Gasteiger partial charge >= 0.3 is 0 Å². The van der Waals surface area contributed by atoms with E-state index in [4.69, 9.17) is 12.2 Å². The third-order valence-corrected chi connectivity index (χ3v) is 2.87. The van der Waals surface area contributed by atoms with Crippen molar-refractivity contribution in [3.8, 4) is 0 Å². The van der Waals surface area contributed by atoms with Crippen LogP contribution in [0.1, 0.15) is 18.1 Å². The molecule has 92 valence electrons. The highest BCUT2D eigenvalue weighted by Crippen LogP contribution is 2.14. The van der Waals surface area contributed by atoms with Crippen molar-refractivity contribution in [1.82, 2.24) is 10.2 Å². The van der Waals surface area contributed by atoms with Gasteiger partial charge in [0.25, 0.3) is 5.91 Å². The van der Waals surface area contributed by atoms with Crippen LogP contribution in [-0.4, -0.2) is 21.8 Å². The van der Waals surface area contributed by atoms with E-state index < -0.39 is 5.91 Å². The first-order chi connectivity index (χ1) is 8.49. The summed E-state index contributed by atoms with van der Waals surface area (Å²) in [5, 5.41) is 2.88. The number of rotatable bonds is 1. The van der Waals surface area contributed by atoms with Gasteiger partial charge in [0.05, 0.1) is 0 Å². The van der Waals surface area contributed by atoms with E-state index >= 15 is 0 Å². The van der Waals surface area contributed by atoms with Crippen molar-refractivity contribution in [1.29, 1.82) is 0 Å². The summed E-state index contributed by atoms with van der Waals surface area (Å²) in [6.07, 6.45) is 1.68. The van der Waals surface area contributed by atoms with Crippen LogP contribution in [0.15, 0.2) is 30.0 Å². The number of imide groups is 1. The van der Waals surface area contributed by atoms with Gasteiger partial charge in [-0.2, -0.15) is 0 Å². The topological polar surface area (TPSA) is 49.4 Å². The quantitative estimate of drug-likeness (QED) is 0.615. The third kappa shape index (κ3) is 2.31. The number of carbonyl (C=O) groups excluding carboxylic acids is 2. The van der Waals surface area contributed by atoms with Crippen LogP contribution < -0.4 is 5.32 Å². The van der Waals surface area contributed by atoms with Gasteiger partial charge in [0.15, 0.2) is 5.11 Å². The summed E-state index contributed by atoms with van der Waals surface area (Å²) < 4.78 is 0. The molecule has 18 heavy (non-hydrogen) atoms. The molecular formula is C13H12N2O2S. The summed E-state index contributed by atoms with van der Waals surface area (Å²) >= 11 is 4.94. The highest BCUT2D eigenvalue weighted by atomic mass is 32.1. The number of benzene rings is 1. The minimum Gasteiger partial charge on any atom is -0.327 e. The third-order valence-electron chi connectivity index (χ3n) is 2.58. The van der Waals surface area contributed by atoms with E-state index in [9.17, 15) is 9.59 Å². The fraction of sp³-hybridized carbons (Fsp3) is 0.154. The Labute approximate surface area is 110 Å². The minimum absolute atomic E-state index is 0.130. The Balaban J connectivity index is 2.30. The summed E-state index contributed by atoms with van der Waals surface area (Å²) in [5.74, 6) is -0.794. The van der Waals surface area contributed by atoms with Gasteiger partial charge in [0.2, 0.25) is 5.91 Å². The van der Waals surface area contributed by atoms with Gasteiger partial charge in [-0.05, 0) is 30.8 Å². The van der Waals surface area contributed by atoms with Crippen molar-refractivity contribution in [3.05, 3.63) is 41.1 Å². The molecule has 0 atom stereocenters. The second kappa shape index (κ2) is 4.70. The van der Waals surface area contributed by atoms with E-state index in [-0.39, 0.29) is 11.0 Å². The fourth-order valence-corrected chi connectivity index (χ4v) is 1.97. The predicted octanol–water partition coefficient (Wildman–Crippen LogP) is 1.60. The van der Waals surface area contributed by atoms with Gasteiger partial charge in [0.1, 0.15) is 5.70 Å². The first-order valence-electron chi connectivity index (χ1n) is 5.43.